The van der Waals surface area contributed by atoms with Crippen LogP contribution in [0.5, 0.6) is 0 Å². The fourth-order valence-electron chi connectivity index (χ4n) is 1.71. The minimum absolute atomic E-state index is 0.203. The van der Waals surface area contributed by atoms with Gasteiger partial charge in [-0.2, -0.15) is 0 Å². The highest BCUT2D eigenvalue weighted by molar-refractivity contribution is 9.10. The molecule has 0 fully saturated rings. The van der Waals surface area contributed by atoms with Crippen LogP contribution < -0.4 is 0 Å². The number of halogens is 2. The molecule has 1 unspecified atom stereocenters. The van der Waals surface area contributed by atoms with E-state index in [1.165, 1.54) is 6.07 Å². The van der Waals surface area contributed by atoms with E-state index in [4.69, 9.17) is 0 Å². The summed E-state index contributed by atoms with van der Waals surface area (Å²) in [6.45, 7) is 4.15. The van der Waals surface area contributed by atoms with Crippen LogP contribution in [0.15, 0.2) is 22.7 Å². The summed E-state index contributed by atoms with van der Waals surface area (Å²) in [5.74, 6) is 0.274. The van der Waals surface area contributed by atoms with Gasteiger partial charge in [-0.1, -0.05) is 35.8 Å². The third-order valence-corrected chi connectivity index (χ3v) is 3.00. The molecule has 0 bridgehead atoms. The van der Waals surface area contributed by atoms with Crippen molar-refractivity contribution < 1.29 is 9.50 Å². The zero-order valence-corrected chi connectivity index (χ0v) is 11.3. The zero-order chi connectivity index (χ0) is 12.1. The van der Waals surface area contributed by atoms with Gasteiger partial charge in [0, 0.05) is 4.47 Å². The highest BCUT2D eigenvalue weighted by Gasteiger charge is 2.09. The molecule has 0 radical (unpaired) electrons. The van der Waals surface area contributed by atoms with Crippen molar-refractivity contribution in [3.8, 4) is 0 Å². The van der Waals surface area contributed by atoms with E-state index in [-0.39, 0.29) is 11.9 Å². The lowest BCUT2D eigenvalue weighted by Crippen LogP contribution is -2.11. The Kier molecular flexibility index (Phi) is 5.42. The molecule has 16 heavy (non-hydrogen) atoms. The van der Waals surface area contributed by atoms with Gasteiger partial charge in [-0.25, -0.2) is 4.39 Å². The molecule has 0 aliphatic rings. The van der Waals surface area contributed by atoms with E-state index in [2.05, 4.69) is 29.8 Å². The van der Waals surface area contributed by atoms with Gasteiger partial charge in [0.1, 0.15) is 5.82 Å². The van der Waals surface area contributed by atoms with Crippen molar-refractivity contribution in [2.45, 2.75) is 39.2 Å². The molecule has 1 rings (SSSR count). The molecule has 0 aromatic heterocycles. The van der Waals surface area contributed by atoms with Gasteiger partial charge >= 0.3 is 0 Å². The van der Waals surface area contributed by atoms with Crippen LogP contribution in [0.2, 0.25) is 0 Å². The molecular weight excluding hydrogens is 271 g/mol. The molecule has 0 aliphatic heterocycles. The Morgan fingerprint density at radius 1 is 1.38 bits per heavy atom. The molecule has 1 aromatic rings. The average Bonchev–Trinajstić information content (AvgIpc) is 2.15. The van der Waals surface area contributed by atoms with Gasteiger partial charge in [0.05, 0.1) is 6.10 Å². The predicted molar refractivity (Wildman–Crippen MR) is 67.9 cm³/mol. The van der Waals surface area contributed by atoms with Gasteiger partial charge in [-0.3, -0.25) is 0 Å². The first-order chi connectivity index (χ1) is 7.49. The number of hydrogen-bond acceptors (Lipinski definition) is 1. The Morgan fingerprint density at radius 2 is 2.06 bits per heavy atom. The topological polar surface area (TPSA) is 20.2 Å². The summed E-state index contributed by atoms with van der Waals surface area (Å²) >= 11 is 3.22. The fourth-order valence-corrected chi connectivity index (χ4v) is 2.04. The number of benzene rings is 1. The Labute approximate surface area is 105 Å². The molecule has 0 heterocycles. The molecule has 0 saturated heterocycles. The molecule has 0 saturated carbocycles. The summed E-state index contributed by atoms with van der Waals surface area (Å²) in [6.07, 6.45) is 1.66. The molecule has 90 valence electrons. The van der Waals surface area contributed by atoms with Crippen LogP contribution in [-0.2, 0) is 6.42 Å². The number of aryl methyl sites for hydroxylation is 1. The molecule has 0 aliphatic carbocycles. The van der Waals surface area contributed by atoms with Crippen LogP contribution in [0.3, 0.4) is 0 Å². The Morgan fingerprint density at radius 3 is 2.62 bits per heavy atom. The number of aliphatic hydroxyl groups excluding tert-OH is 1. The largest absolute Gasteiger partial charge is 0.393 e. The Hall–Kier alpha value is -0.410. The van der Waals surface area contributed by atoms with E-state index in [1.54, 1.807) is 6.07 Å². The molecule has 0 amide bonds. The van der Waals surface area contributed by atoms with Gasteiger partial charge in [0.25, 0.3) is 0 Å². The third kappa shape index (κ3) is 4.62. The number of aliphatic hydroxyl groups is 1. The summed E-state index contributed by atoms with van der Waals surface area (Å²) in [6, 6.07) is 5.05. The van der Waals surface area contributed by atoms with E-state index >= 15 is 0 Å². The van der Waals surface area contributed by atoms with Crippen molar-refractivity contribution in [2.24, 2.45) is 5.92 Å². The molecule has 3 heteroatoms. The molecule has 0 spiro atoms. The Bertz CT molecular complexity index is 339. The quantitative estimate of drug-likeness (QED) is 0.870. The fraction of sp³-hybridized carbons (Fsp3) is 0.538. The van der Waals surface area contributed by atoms with Crippen LogP contribution >= 0.6 is 15.9 Å². The number of rotatable bonds is 5. The van der Waals surface area contributed by atoms with E-state index in [0.29, 0.717) is 24.3 Å². The summed E-state index contributed by atoms with van der Waals surface area (Å²) in [5, 5.41) is 9.69. The van der Waals surface area contributed by atoms with E-state index in [0.717, 1.165) is 10.9 Å². The molecule has 1 nitrogen and oxygen atoms in total. The number of hydrogen-bond donors (Lipinski definition) is 1. The van der Waals surface area contributed by atoms with Crippen molar-refractivity contribution in [3.05, 3.63) is 34.1 Å². The van der Waals surface area contributed by atoms with Crippen LogP contribution in [0.4, 0.5) is 4.39 Å². The lowest BCUT2D eigenvalue weighted by atomic mass is 9.99. The van der Waals surface area contributed by atoms with E-state index in [9.17, 15) is 9.50 Å². The smallest absolute Gasteiger partial charge is 0.127 e. The molecule has 1 aromatic carbocycles. The van der Waals surface area contributed by atoms with Crippen LogP contribution in [0, 0.1) is 11.7 Å². The maximum Gasteiger partial charge on any atom is 0.127 e. The van der Waals surface area contributed by atoms with Gasteiger partial charge in [-0.05, 0) is 42.9 Å². The first-order valence-corrected chi connectivity index (χ1v) is 6.40. The maximum atomic E-state index is 13.5. The van der Waals surface area contributed by atoms with Crippen LogP contribution in [0.1, 0.15) is 32.3 Å². The lowest BCUT2D eigenvalue weighted by Gasteiger charge is -2.13. The van der Waals surface area contributed by atoms with E-state index < -0.39 is 0 Å². The van der Waals surface area contributed by atoms with Gasteiger partial charge in [-0.15, -0.1) is 0 Å². The summed E-state index contributed by atoms with van der Waals surface area (Å²) in [7, 11) is 0. The summed E-state index contributed by atoms with van der Waals surface area (Å²) in [4.78, 5) is 0. The van der Waals surface area contributed by atoms with Gasteiger partial charge in [0.2, 0.25) is 0 Å². The monoisotopic (exact) mass is 288 g/mol. The Balaban J connectivity index is 2.48. The molecular formula is C13H18BrFO. The first-order valence-electron chi connectivity index (χ1n) is 5.61. The second-order valence-electron chi connectivity index (χ2n) is 4.56. The van der Waals surface area contributed by atoms with E-state index in [1.807, 2.05) is 6.07 Å². The van der Waals surface area contributed by atoms with Crippen molar-refractivity contribution in [3.63, 3.8) is 0 Å². The second-order valence-corrected chi connectivity index (χ2v) is 5.47. The van der Waals surface area contributed by atoms with Crippen molar-refractivity contribution in [1.29, 1.82) is 0 Å². The molecule has 1 atom stereocenters. The minimum Gasteiger partial charge on any atom is -0.393 e. The highest BCUT2D eigenvalue weighted by Crippen LogP contribution is 2.18. The van der Waals surface area contributed by atoms with Crippen molar-refractivity contribution in [1.82, 2.24) is 0 Å². The van der Waals surface area contributed by atoms with Crippen molar-refractivity contribution in [2.75, 3.05) is 0 Å². The first kappa shape index (κ1) is 13.7. The zero-order valence-electron chi connectivity index (χ0n) is 9.71. The highest BCUT2D eigenvalue weighted by atomic mass is 79.9. The minimum atomic E-state index is -0.331. The SMILES string of the molecule is CC(C)CC(O)CCc1ccc(Br)cc1F. The van der Waals surface area contributed by atoms with Gasteiger partial charge < -0.3 is 5.11 Å². The van der Waals surface area contributed by atoms with Crippen LogP contribution in [-0.4, -0.2) is 11.2 Å². The third-order valence-electron chi connectivity index (χ3n) is 2.51. The molecule has 1 N–H and O–H groups in total. The van der Waals surface area contributed by atoms with Crippen molar-refractivity contribution >= 4 is 15.9 Å². The normalized spacial score (nSPS) is 13.1. The van der Waals surface area contributed by atoms with Gasteiger partial charge in [0.15, 0.2) is 0 Å². The predicted octanol–water partition coefficient (Wildman–Crippen LogP) is 3.93. The summed E-state index contributed by atoms with van der Waals surface area (Å²) in [5.41, 5.74) is 0.672. The average molecular weight is 289 g/mol. The lowest BCUT2D eigenvalue weighted by molar-refractivity contribution is 0.139. The van der Waals surface area contributed by atoms with Crippen LogP contribution in [0.25, 0.3) is 0 Å². The maximum absolute atomic E-state index is 13.5. The second kappa shape index (κ2) is 6.36. The summed E-state index contributed by atoms with van der Waals surface area (Å²) < 4.78 is 14.2. The standard InChI is InChI=1S/C13H18BrFO/c1-9(2)7-12(16)6-4-10-3-5-11(14)8-13(10)15/h3,5,8-9,12,16H,4,6-7H2,1-2H3.